The van der Waals surface area contributed by atoms with Gasteiger partial charge in [0.1, 0.15) is 0 Å². The van der Waals surface area contributed by atoms with Crippen LogP contribution in [0.1, 0.15) is 38.3 Å². The maximum atomic E-state index is 12.3. The van der Waals surface area contributed by atoms with Gasteiger partial charge in [-0.25, -0.2) is 4.79 Å². The van der Waals surface area contributed by atoms with Crippen LogP contribution in [0.5, 0.6) is 0 Å². The number of carbonyl (C=O) groups excluding carboxylic acids is 2. The number of anilines is 1. The Bertz CT molecular complexity index is 535. The summed E-state index contributed by atoms with van der Waals surface area (Å²) in [6.07, 6.45) is 1.75. The van der Waals surface area contributed by atoms with Crippen LogP contribution in [0.2, 0.25) is 0 Å². The number of urea groups is 1. The number of nitrogens with two attached hydrogens (primary N) is 1. The molecule has 0 aromatic heterocycles. The number of hydrogen-bond acceptors (Lipinski definition) is 3. The molecule has 1 aromatic carbocycles. The van der Waals surface area contributed by atoms with Crippen LogP contribution in [0, 0.1) is 5.92 Å². The fourth-order valence-electron chi connectivity index (χ4n) is 2.78. The highest BCUT2D eigenvalue weighted by Crippen LogP contribution is 2.20. The summed E-state index contributed by atoms with van der Waals surface area (Å²) in [4.78, 5) is 23.1. The van der Waals surface area contributed by atoms with Crippen molar-refractivity contribution in [3.63, 3.8) is 0 Å². The Morgan fingerprint density at radius 1 is 1.30 bits per heavy atom. The van der Waals surface area contributed by atoms with E-state index in [9.17, 15) is 9.59 Å². The molecule has 5 N–H and O–H groups in total. The standard InChI is InChI=1S/C16H24N4O2.ClH/c1-10-9-13(7-8-18-10)15(21)19-11(2)12-3-5-14(6-4-12)20-16(17)22;/h3-6,10-11,13,18H,7-9H2,1-2H3,(H,19,21)(H3,17,20,22);1H/t10-,11?,13-;/m0./s1. The maximum Gasteiger partial charge on any atom is 0.316 e. The molecular weight excluding hydrogens is 316 g/mol. The van der Waals surface area contributed by atoms with Crippen LogP contribution < -0.4 is 21.7 Å². The average Bonchev–Trinajstić information content (AvgIpc) is 2.47. The van der Waals surface area contributed by atoms with E-state index in [2.05, 4.69) is 22.9 Å². The Hall–Kier alpha value is -1.79. The van der Waals surface area contributed by atoms with Gasteiger partial charge in [0.2, 0.25) is 5.91 Å². The minimum atomic E-state index is -0.589. The van der Waals surface area contributed by atoms with Gasteiger partial charge in [0.25, 0.3) is 0 Å². The van der Waals surface area contributed by atoms with Crippen molar-refractivity contribution < 1.29 is 9.59 Å². The second kappa shape index (κ2) is 8.74. The lowest BCUT2D eigenvalue weighted by atomic mass is 9.92. The zero-order valence-corrected chi connectivity index (χ0v) is 14.3. The molecule has 0 spiro atoms. The van der Waals surface area contributed by atoms with Crippen LogP contribution in [-0.2, 0) is 4.79 Å². The quantitative estimate of drug-likeness (QED) is 0.676. The number of hydrogen-bond donors (Lipinski definition) is 4. The lowest BCUT2D eigenvalue weighted by Gasteiger charge is -2.28. The van der Waals surface area contributed by atoms with Gasteiger partial charge in [0.15, 0.2) is 0 Å². The van der Waals surface area contributed by atoms with Gasteiger partial charge in [-0.05, 0) is 50.9 Å². The molecule has 7 heteroatoms. The predicted molar refractivity (Wildman–Crippen MR) is 93.6 cm³/mol. The number of halogens is 1. The molecule has 0 bridgehead atoms. The van der Waals surface area contributed by atoms with Crippen LogP contribution in [-0.4, -0.2) is 24.5 Å². The fourth-order valence-corrected chi connectivity index (χ4v) is 2.78. The van der Waals surface area contributed by atoms with Gasteiger partial charge in [-0.2, -0.15) is 0 Å². The fraction of sp³-hybridized carbons (Fsp3) is 0.500. The molecule has 1 unspecified atom stereocenters. The molecule has 6 nitrogen and oxygen atoms in total. The highest BCUT2D eigenvalue weighted by molar-refractivity contribution is 5.87. The van der Waals surface area contributed by atoms with E-state index in [1.54, 1.807) is 12.1 Å². The summed E-state index contributed by atoms with van der Waals surface area (Å²) in [5.74, 6) is 0.190. The molecule has 0 saturated carbocycles. The van der Waals surface area contributed by atoms with E-state index < -0.39 is 6.03 Å². The summed E-state index contributed by atoms with van der Waals surface area (Å²) >= 11 is 0. The van der Waals surface area contributed by atoms with Crippen molar-refractivity contribution in [2.45, 2.75) is 38.8 Å². The Balaban J connectivity index is 0.00000264. The first kappa shape index (κ1) is 19.3. The van der Waals surface area contributed by atoms with Gasteiger partial charge in [-0.15, -0.1) is 12.4 Å². The summed E-state index contributed by atoms with van der Waals surface area (Å²) in [6, 6.07) is 7.03. The van der Waals surface area contributed by atoms with Crippen molar-refractivity contribution in [2.24, 2.45) is 11.7 Å². The number of rotatable bonds is 4. The van der Waals surface area contributed by atoms with E-state index in [4.69, 9.17) is 5.73 Å². The molecule has 1 aromatic rings. The number of nitrogens with one attached hydrogen (secondary N) is 3. The Morgan fingerprint density at radius 3 is 2.52 bits per heavy atom. The molecule has 23 heavy (non-hydrogen) atoms. The second-order valence-electron chi connectivity index (χ2n) is 5.92. The number of piperidine rings is 1. The molecule has 2 rings (SSSR count). The van der Waals surface area contributed by atoms with Crippen LogP contribution in [0.15, 0.2) is 24.3 Å². The predicted octanol–water partition coefficient (Wildman–Crippen LogP) is 2.16. The molecule has 3 atom stereocenters. The third-order valence-electron chi connectivity index (χ3n) is 4.03. The van der Waals surface area contributed by atoms with E-state index in [1.807, 2.05) is 19.1 Å². The largest absolute Gasteiger partial charge is 0.351 e. The van der Waals surface area contributed by atoms with Gasteiger partial charge in [0, 0.05) is 17.6 Å². The van der Waals surface area contributed by atoms with Gasteiger partial charge in [-0.1, -0.05) is 12.1 Å². The van der Waals surface area contributed by atoms with Crippen molar-refractivity contribution >= 4 is 30.0 Å². The Morgan fingerprint density at radius 2 is 1.96 bits per heavy atom. The van der Waals surface area contributed by atoms with E-state index in [0.29, 0.717) is 11.7 Å². The first-order chi connectivity index (χ1) is 10.5. The van der Waals surface area contributed by atoms with Crippen molar-refractivity contribution in [3.05, 3.63) is 29.8 Å². The van der Waals surface area contributed by atoms with Gasteiger partial charge >= 0.3 is 6.03 Å². The van der Waals surface area contributed by atoms with Crippen molar-refractivity contribution in [1.82, 2.24) is 10.6 Å². The molecule has 128 valence electrons. The summed E-state index contributed by atoms with van der Waals surface area (Å²) in [6.45, 7) is 4.95. The Kier molecular flexibility index (Phi) is 7.32. The topological polar surface area (TPSA) is 96.2 Å². The first-order valence-corrected chi connectivity index (χ1v) is 7.66. The first-order valence-electron chi connectivity index (χ1n) is 7.66. The average molecular weight is 341 g/mol. The van der Waals surface area contributed by atoms with E-state index in [-0.39, 0.29) is 30.3 Å². The van der Waals surface area contributed by atoms with Gasteiger partial charge in [0.05, 0.1) is 6.04 Å². The molecule has 1 aliphatic heterocycles. The summed E-state index contributed by atoms with van der Waals surface area (Å²) in [5, 5.41) is 8.93. The number of amides is 3. The molecule has 1 aliphatic rings. The van der Waals surface area contributed by atoms with Crippen LogP contribution in [0.4, 0.5) is 10.5 Å². The smallest absolute Gasteiger partial charge is 0.316 e. The Labute approximate surface area is 143 Å². The van der Waals surface area contributed by atoms with E-state index in [0.717, 1.165) is 24.9 Å². The molecule has 1 saturated heterocycles. The third-order valence-corrected chi connectivity index (χ3v) is 4.03. The molecule has 3 amide bonds. The van der Waals surface area contributed by atoms with Crippen LogP contribution in [0.25, 0.3) is 0 Å². The lowest BCUT2D eigenvalue weighted by molar-refractivity contribution is -0.126. The monoisotopic (exact) mass is 340 g/mol. The third kappa shape index (κ3) is 5.73. The zero-order valence-electron chi connectivity index (χ0n) is 13.5. The van der Waals surface area contributed by atoms with Crippen molar-refractivity contribution in [3.8, 4) is 0 Å². The number of carbonyl (C=O) groups is 2. The highest BCUT2D eigenvalue weighted by atomic mass is 35.5. The van der Waals surface area contributed by atoms with Crippen LogP contribution >= 0.6 is 12.4 Å². The van der Waals surface area contributed by atoms with E-state index in [1.165, 1.54) is 0 Å². The number of benzene rings is 1. The molecule has 1 heterocycles. The second-order valence-corrected chi connectivity index (χ2v) is 5.92. The number of primary amides is 1. The van der Waals surface area contributed by atoms with Gasteiger partial charge in [-0.3, -0.25) is 4.79 Å². The molecule has 0 radical (unpaired) electrons. The van der Waals surface area contributed by atoms with Crippen molar-refractivity contribution in [2.75, 3.05) is 11.9 Å². The SMILES string of the molecule is CC(NC(=O)[C@H]1CCN[C@@H](C)C1)c1ccc(NC(N)=O)cc1.Cl. The lowest BCUT2D eigenvalue weighted by Crippen LogP contribution is -2.42. The molecular formula is C16H25ClN4O2. The van der Waals surface area contributed by atoms with Crippen LogP contribution in [0.3, 0.4) is 0 Å². The summed E-state index contributed by atoms with van der Waals surface area (Å²) in [7, 11) is 0. The van der Waals surface area contributed by atoms with E-state index >= 15 is 0 Å². The molecule has 1 fully saturated rings. The summed E-state index contributed by atoms with van der Waals surface area (Å²) in [5.41, 5.74) is 6.70. The van der Waals surface area contributed by atoms with Crippen molar-refractivity contribution in [1.29, 1.82) is 0 Å². The highest BCUT2D eigenvalue weighted by Gasteiger charge is 2.25. The summed E-state index contributed by atoms with van der Waals surface area (Å²) < 4.78 is 0. The minimum absolute atomic E-state index is 0. The minimum Gasteiger partial charge on any atom is -0.351 e. The van der Waals surface area contributed by atoms with Gasteiger partial charge < -0.3 is 21.7 Å². The maximum absolute atomic E-state index is 12.3. The zero-order chi connectivity index (χ0) is 16.1. The normalized spacial score (nSPS) is 21.7. The molecule has 0 aliphatic carbocycles.